The SMILES string of the molecule is CC=C=C(CN)CNC. The number of hydrogen-bond acceptors (Lipinski definition) is 2. The van der Waals surface area contributed by atoms with Gasteiger partial charge in [-0.1, -0.05) is 0 Å². The minimum atomic E-state index is 0.588. The number of nitrogens with two attached hydrogens (primary N) is 1. The Bertz CT molecular complexity index is 121. The van der Waals surface area contributed by atoms with E-state index < -0.39 is 0 Å². The quantitative estimate of drug-likeness (QED) is 0.532. The lowest BCUT2D eigenvalue weighted by Gasteiger charge is -1.96. The van der Waals surface area contributed by atoms with E-state index in [0.29, 0.717) is 6.54 Å². The Labute approximate surface area is 56.4 Å². The summed E-state index contributed by atoms with van der Waals surface area (Å²) < 4.78 is 0. The third-order valence-electron chi connectivity index (χ3n) is 0.985. The highest BCUT2D eigenvalue weighted by Crippen LogP contribution is 1.83. The van der Waals surface area contributed by atoms with E-state index in [4.69, 9.17) is 5.73 Å². The molecule has 0 saturated carbocycles. The van der Waals surface area contributed by atoms with Gasteiger partial charge in [-0.3, -0.25) is 0 Å². The van der Waals surface area contributed by atoms with Crippen LogP contribution in [0, 0.1) is 0 Å². The van der Waals surface area contributed by atoms with Crippen molar-refractivity contribution in [1.82, 2.24) is 5.32 Å². The Morgan fingerprint density at radius 2 is 2.44 bits per heavy atom. The largest absolute Gasteiger partial charge is 0.326 e. The molecule has 9 heavy (non-hydrogen) atoms. The van der Waals surface area contributed by atoms with Gasteiger partial charge in [-0.05, 0) is 25.6 Å². The number of likely N-dealkylation sites (N-methyl/N-ethyl adjacent to an activating group) is 1. The summed E-state index contributed by atoms with van der Waals surface area (Å²) in [6.45, 7) is 3.36. The van der Waals surface area contributed by atoms with E-state index in [-0.39, 0.29) is 0 Å². The average Bonchev–Trinajstić information content (AvgIpc) is 1.88. The van der Waals surface area contributed by atoms with E-state index in [1.54, 1.807) is 0 Å². The third kappa shape index (κ3) is 3.98. The van der Waals surface area contributed by atoms with Crippen LogP contribution in [0.4, 0.5) is 0 Å². The van der Waals surface area contributed by atoms with Crippen LogP contribution in [0.1, 0.15) is 6.92 Å². The summed E-state index contributed by atoms with van der Waals surface area (Å²) in [6, 6.07) is 0. The molecule has 0 radical (unpaired) electrons. The number of nitrogens with one attached hydrogen (secondary N) is 1. The predicted molar refractivity (Wildman–Crippen MR) is 40.3 cm³/mol. The molecule has 0 atom stereocenters. The van der Waals surface area contributed by atoms with Crippen molar-refractivity contribution in [2.45, 2.75) is 6.92 Å². The molecule has 0 amide bonds. The van der Waals surface area contributed by atoms with Crippen molar-refractivity contribution < 1.29 is 0 Å². The molecule has 0 aliphatic rings. The lowest BCUT2D eigenvalue weighted by atomic mass is 10.3. The molecule has 0 aliphatic heterocycles. The summed E-state index contributed by atoms with van der Waals surface area (Å²) in [5.41, 5.74) is 9.53. The molecule has 0 aromatic rings. The van der Waals surface area contributed by atoms with Gasteiger partial charge >= 0.3 is 0 Å². The average molecular weight is 126 g/mol. The molecule has 0 aromatic heterocycles. The van der Waals surface area contributed by atoms with Gasteiger partial charge in [0, 0.05) is 13.1 Å². The van der Waals surface area contributed by atoms with Crippen molar-refractivity contribution in [2.75, 3.05) is 20.1 Å². The van der Waals surface area contributed by atoms with E-state index >= 15 is 0 Å². The third-order valence-corrected chi connectivity index (χ3v) is 0.985. The summed E-state index contributed by atoms with van der Waals surface area (Å²) in [4.78, 5) is 0. The Hall–Kier alpha value is -0.560. The Balaban J connectivity index is 3.83. The fraction of sp³-hybridized carbons (Fsp3) is 0.571. The summed E-state index contributed by atoms with van der Waals surface area (Å²) in [5.74, 6) is 0. The zero-order valence-electron chi connectivity index (χ0n) is 6.07. The summed E-state index contributed by atoms with van der Waals surface area (Å²) in [5, 5.41) is 3.00. The van der Waals surface area contributed by atoms with Crippen LogP contribution in [0.5, 0.6) is 0 Å². The topological polar surface area (TPSA) is 38.0 Å². The Morgan fingerprint density at radius 1 is 1.78 bits per heavy atom. The number of hydrogen-bond donors (Lipinski definition) is 2. The molecule has 0 saturated heterocycles. The van der Waals surface area contributed by atoms with Crippen LogP contribution in [-0.2, 0) is 0 Å². The minimum Gasteiger partial charge on any atom is -0.326 e. The van der Waals surface area contributed by atoms with Gasteiger partial charge in [0.25, 0.3) is 0 Å². The second-order valence-electron chi connectivity index (χ2n) is 1.77. The van der Waals surface area contributed by atoms with Gasteiger partial charge in [-0.15, -0.1) is 5.73 Å². The summed E-state index contributed by atoms with van der Waals surface area (Å²) in [7, 11) is 1.90. The van der Waals surface area contributed by atoms with Crippen LogP contribution < -0.4 is 11.1 Å². The maximum absolute atomic E-state index is 5.39. The second-order valence-corrected chi connectivity index (χ2v) is 1.77. The normalized spacial score (nSPS) is 8.33. The highest BCUT2D eigenvalue weighted by Gasteiger charge is 1.86. The number of rotatable bonds is 3. The van der Waals surface area contributed by atoms with Gasteiger partial charge in [0.1, 0.15) is 0 Å². The molecule has 0 fully saturated rings. The van der Waals surface area contributed by atoms with Crippen molar-refractivity contribution in [3.63, 3.8) is 0 Å². The maximum atomic E-state index is 5.39. The summed E-state index contributed by atoms with van der Waals surface area (Å²) in [6.07, 6.45) is 1.87. The lowest BCUT2D eigenvalue weighted by molar-refractivity contribution is 0.859. The van der Waals surface area contributed by atoms with Gasteiger partial charge in [0.2, 0.25) is 0 Å². The lowest BCUT2D eigenvalue weighted by Crippen LogP contribution is -2.15. The maximum Gasteiger partial charge on any atom is 0.0249 e. The molecule has 0 bridgehead atoms. The molecule has 0 spiro atoms. The monoisotopic (exact) mass is 126 g/mol. The second kappa shape index (κ2) is 5.57. The van der Waals surface area contributed by atoms with Crippen LogP contribution in [-0.4, -0.2) is 20.1 Å². The van der Waals surface area contributed by atoms with Crippen LogP contribution >= 0.6 is 0 Å². The molecule has 0 heterocycles. The first-order valence-corrected chi connectivity index (χ1v) is 3.08. The van der Waals surface area contributed by atoms with E-state index in [0.717, 1.165) is 12.1 Å². The fourth-order valence-corrected chi connectivity index (χ4v) is 0.600. The molecular weight excluding hydrogens is 112 g/mol. The van der Waals surface area contributed by atoms with Crippen LogP contribution in [0.3, 0.4) is 0 Å². The van der Waals surface area contributed by atoms with Crippen LogP contribution in [0.25, 0.3) is 0 Å². The molecule has 3 N–H and O–H groups in total. The first-order chi connectivity index (χ1) is 4.35. The molecule has 0 aliphatic carbocycles. The van der Waals surface area contributed by atoms with Gasteiger partial charge < -0.3 is 11.1 Å². The Morgan fingerprint density at radius 3 is 2.78 bits per heavy atom. The zero-order valence-corrected chi connectivity index (χ0v) is 6.07. The predicted octanol–water partition coefficient (Wildman–Crippen LogP) is 0.266. The minimum absolute atomic E-state index is 0.588. The molecule has 0 rings (SSSR count). The fourth-order valence-electron chi connectivity index (χ4n) is 0.600. The standard InChI is InChI=1S/C7H14N2/c1-3-4-7(5-8)6-9-2/h3,9H,5-6,8H2,1-2H3. The molecule has 2 heteroatoms. The van der Waals surface area contributed by atoms with E-state index in [9.17, 15) is 0 Å². The smallest absolute Gasteiger partial charge is 0.0249 e. The van der Waals surface area contributed by atoms with E-state index in [2.05, 4.69) is 11.0 Å². The van der Waals surface area contributed by atoms with Crippen molar-refractivity contribution >= 4 is 0 Å². The van der Waals surface area contributed by atoms with Gasteiger partial charge in [0.15, 0.2) is 0 Å². The van der Waals surface area contributed by atoms with E-state index in [1.165, 1.54) is 0 Å². The summed E-state index contributed by atoms with van der Waals surface area (Å²) >= 11 is 0. The Kier molecular flexibility index (Phi) is 5.23. The van der Waals surface area contributed by atoms with Crippen LogP contribution in [0.2, 0.25) is 0 Å². The van der Waals surface area contributed by atoms with Crippen molar-refractivity contribution in [1.29, 1.82) is 0 Å². The zero-order chi connectivity index (χ0) is 7.11. The highest BCUT2D eigenvalue weighted by atomic mass is 14.8. The molecule has 0 unspecified atom stereocenters. The first kappa shape index (κ1) is 8.44. The molecule has 52 valence electrons. The van der Waals surface area contributed by atoms with Crippen molar-refractivity contribution in [2.24, 2.45) is 5.73 Å². The first-order valence-electron chi connectivity index (χ1n) is 3.08. The van der Waals surface area contributed by atoms with Gasteiger partial charge in [0.05, 0.1) is 0 Å². The highest BCUT2D eigenvalue weighted by molar-refractivity contribution is 5.04. The molecule has 2 nitrogen and oxygen atoms in total. The van der Waals surface area contributed by atoms with Crippen LogP contribution in [0.15, 0.2) is 17.4 Å². The van der Waals surface area contributed by atoms with E-state index in [1.807, 2.05) is 20.0 Å². The molecule has 0 aromatic carbocycles. The van der Waals surface area contributed by atoms with Gasteiger partial charge in [-0.25, -0.2) is 0 Å². The van der Waals surface area contributed by atoms with Gasteiger partial charge in [-0.2, -0.15) is 0 Å². The van der Waals surface area contributed by atoms with Crippen molar-refractivity contribution in [3.8, 4) is 0 Å². The molecular formula is C7H14N2. The van der Waals surface area contributed by atoms with Crippen molar-refractivity contribution in [3.05, 3.63) is 17.4 Å².